The second-order valence-corrected chi connectivity index (χ2v) is 8.66. The Kier molecular flexibility index (Phi) is 5.46. The molecule has 2 aromatic carbocycles. The summed E-state index contributed by atoms with van der Waals surface area (Å²) in [5, 5.41) is 1.20. The van der Waals surface area contributed by atoms with E-state index in [1.165, 1.54) is 35.7 Å². The number of aryl methyl sites for hydroxylation is 2. The van der Waals surface area contributed by atoms with Gasteiger partial charge < -0.3 is 0 Å². The Balaban J connectivity index is 1.93. The predicted molar refractivity (Wildman–Crippen MR) is 104 cm³/mol. The second-order valence-electron chi connectivity index (χ2n) is 5.29. The Labute approximate surface area is 150 Å². The molecule has 0 radical (unpaired) electrons. The lowest BCUT2D eigenvalue weighted by molar-refractivity contribution is 1.09. The van der Waals surface area contributed by atoms with E-state index < -0.39 is 0 Å². The Morgan fingerprint density at radius 1 is 1.00 bits per heavy atom. The molecule has 4 heteroatoms. The molecule has 3 aromatic rings. The van der Waals surface area contributed by atoms with Crippen LogP contribution in [0.5, 0.6) is 0 Å². The summed E-state index contributed by atoms with van der Waals surface area (Å²) < 4.78 is 1.26. The van der Waals surface area contributed by atoms with Crippen molar-refractivity contribution in [1.82, 2.24) is 4.98 Å². The maximum atomic E-state index is 4.46. The van der Waals surface area contributed by atoms with Crippen LogP contribution < -0.4 is 0 Å². The van der Waals surface area contributed by atoms with E-state index in [2.05, 4.69) is 67.6 Å². The van der Waals surface area contributed by atoms with Crippen LogP contribution >= 0.6 is 34.9 Å². The summed E-state index contributed by atoms with van der Waals surface area (Å²) in [7, 11) is 0. The molecule has 23 heavy (non-hydrogen) atoms. The molecule has 1 aromatic heterocycles. The van der Waals surface area contributed by atoms with Crippen LogP contribution in [-0.4, -0.2) is 11.2 Å². The van der Waals surface area contributed by atoms with Gasteiger partial charge in [-0.15, -0.1) is 23.1 Å². The molecule has 0 N–H and O–H groups in total. The van der Waals surface area contributed by atoms with Crippen LogP contribution in [-0.2, 0) is 6.42 Å². The molecule has 3 rings (SSSR count). The van der Waals surface area contributed by atoms with Crippen LogP contribution in [0.25, 0.3) is 11.1 Å². The monoisotopic (exact) mass is 357 g/mol. The number of thioether (sulfide) groups is 1. The van der Waals surface area contributed by atoms with Crippen molar-refractivity contribution >= 4 is 34.9 Å². The summed E-state index contributed by atoms with van der Waals surface area (Å²) in [5.41, 5.74) is 3.84. The van der Waals surface area contributed by atoms with Crippen LogP contribution in [0.2, 0.25) is 0 Å². The zero-order chi connectivity index (χ0) is 16.2. The molecule has 0 spiro atoms. The molecule has 0 fully saturated rings. The first kappa shape index (κ1) is 16.6. The van der Waals surface area contributed by atoms with Crippen LogP contribution in [0.3, 0.4) is 0 Å². The fourth-order valence-electron chi connectivity index (χ4n) is 2.28. The minimum atomic E-state index is 1.00. The average molecular weight is 358 g/mol. The van der Waals surface area contributed by atoms with E-state index in [9.17, 15) is 0 Å². The summed E-state index contributed by atoms with van der Waals surface area (Å²) in [4.78, 5) is 7.03. The van der Waals surface area contributed by atoms with Crippen molar-refractivity contribution in [3.63, 3.8) is 0 Å². The first-order valence-corrected chi connectivity index (χ1v) is 10.4. The number of aromatic nitrogens is 1. The molecule has 0 amide bonds. The van der Waals surface area contributed by atoms with Gasteiger partial charge in [0.15, 0.2) is 0 Å². The molecule has 1 nitrogen and oxygen atoms in total. The van der Waals surface area contributed by atoms with Crippen molar-refractivity contribution in [3.05, 3.63) is 59.2 Å². The molecule has 0 aliphatic carbocycles. The Morgan fingerprint density at radius 2 is 1.74 bits per heavy atom. The summed E-state index contributed by atoms with van der Waals surface area (Å²) in [5.74, 6) is 0. The molecule has 118 valence electrons. The predicted octanol–water partition coefficient (Wildman–Crippen LogP) is 6.55. The number of thiazole rings is 1. The normalized spacial score (nSPS) is 10.9. The quantitative estimate of drug-likeness (QED) is 0.480. The Morgan fingerprint density at radius 3 is 2.39 bits per heavy atom. The molecule has 0 unspecified atom stereocenters. The highest BCUT2D eigenvalue weighted by molar-refractivity contribution is 8.01. The highest BCUT2D eigenvalue weighted by Crippen LogP contribution is 2.37. The molecule has 1 heterocycles. The molecule has 0 atom stereocenters. The van der Waals surface area contributed by atoms with Gasteiger partial charge in [-0.3, -0.25) is 0 Å². The number of nitrogens with zero attached hydrogens (tertiary/aromatic N) is 1. The van der Waals surface area contributed by atoms with Gasteiger partial charge in [0.1, 0.15) is 0 Å². The zero-order valence-electron chi connectivity index (χ0n) is 13.5. The van der Waals surface area contributed by atoms with E-state index in [1.807, 2.05) is 18.0 Å². The van der Waals surface area contributed by atoms with Gasteiger partial charge in [0.25, 0.3) is 0 Å². The van der Waals surface area contributed by atoms with Crippen molar-refractivity contribution in [2.24, 2.45) is 0 Å². The molecular formula is C19H19NS3. The Hall–Kier alpha value is -1.23. The third-order valence-electron chi connectivity index (χ3n) is 3.55. The van der Waals surface area contributed by atoms with Gasteiger partial charge in [0.2, 0.25) is 0 Å². The lowest BCUT2D eigenvalue weighted by Crippen LogP contribution is -1.82. The molecule has 0 saturated carbocycles. The maximum absolute atomic E-state index is 4.46. The third-order valence-corrected chi connectivity index (χ3v) is 6.48. The summed E-state index contributed by atoms with van der Waals surface area (Å²) >= 11 is 5.39. The molecule has 0 aliphatic rings. The van der Waals surface area contributed by atoms with Gasteiger partial charge in [0, 0.05) is 9.79 Å². The van der Waals surface area contributed by atoms with E-state index >= 15 is 0 Å². The first-order valence-electron chi connectivity index (χ1n) is 7.56. The van der Waals surface area contributed by atoms with E-state index in [0.29, 0.717) is 0 Å². The van der Waals surface area contributed by atoms with E-state index in [0.717, 1.165) is 6.42 Å². The highest BCUT2D eigenvalue weighted by atomic mass is 32.2. The van der Waals surface area contributed by atoms with Crippen LogP contribution in [0.15, 0.2) is 62.7 Å². The molecule has 0 saturated heterocycles. The van der Waals surface area contributed by atoms with Gasteiger partial charge >= 0.3 is 0 Å². The van der Waals surface area contributed by atoms with Crippen LogP contribution in [0.1, 0.15) is 17.5 Å². The van der Waals surface area contributed by atoms with Crippen LogP contribution in [0.4, 0.5) is 0 Å². The average Bonchev–Trinajstić information content (AvgIpc) is 3.02. The number of rotatable bonds is 5. The van der Waals surface area contributed by atoms with Gasteiger partial charge in [-0.05, 0) is 48.9 Å². The SMILES string of the molecule is CCc1ncc(Sc2cc(SC)cc(-c3ccc(C)cc3)c2)s1. The number of benzene rings is 2. The van der Waals surface area contributed by atoms with Crippen molar-refractivity contribution in [2.75, 3.05) is 6.26 Å². The summed E-state index contributed by atoms with van der Waals surface area (Å²) in [6, 6.07) is 15.5. The van der Waals surface area contributed by atoms with Gasteiger partial charge in [-0.2, -0.15) is 0 Å². The molecule has 0 bridgehead atoms. The van der Waals surface area contributed by atoms with Gasteiger partial charge in [-0.25, -0.2) is 4.98 Å². The minimum absolute atomic E-state index is 1.00. The van der Waals surface area contributed by atoms with E-state index in [4.69, 9.17) is 0 Å². The van der Waals surface area contributed by atoms with Crippen molar-refractivity contribution < 1.29 is 0 Å². The number of hydrogen-bond acceptors (Lipinski definition) is 4. The highest BCUT2D eigenvalue weighted by Gasteiger charge is 2.07. The van der Waals surface area contributed by atoms with Crippen molar-refractivity contribution in [1.29, 1.82) is 0 Å². The number of hydrogen-bond donors (Lipinski definition) is 0. The largest absolute Gasteiger partial charge is 0.248 e. The maximum Gasteiger partial charge on any atom is 0.0934 e. The third kappa shape index (κ3) is 4.19. The van der Waals surface area contributed by atoms with Crippen LogP contribution in [0, 0.1) is 6.92 Å². The zero-order valence-corrected chi connectivity index (χ0v) is 15.9. The van der Waals surface area contributed by atoms with Crippen molar-refractivity contribution in [3.8, 4) is 11.1 Å². The van der Waals surface area contributed by atoms with Crippen molar-refractivity contribution in [2.45, 2.75) is 34.3 Å². The fraction of sp³-hybridized carbons (Fsp3) is 0.211. The Bertz CT molecular complexity index is 791. The van der Waals surface area contributed by atoms with E-state index in [1.54, 1.807) is 23.1 Å². The van der Waals surface area contributed by atoms with Gasteiger partial charge in [0.05, 0.1) is 15.4 Å². The topological polar surface area (TPSA) is 12.9 Å². The summed E-state index contributed by atoms with van der Waals surface area (Å²) in [6.45, 7) is 4.27. The molecule has 0 aliphatic heterocycles. The molecular weight excluding hydrogens is 338 g/mol. The second kappa shape index (κ2) is 7.56. The first-order chi connectivity index (χ1) is 11.2. The fourth-order valence-corrected chi connectivity index (χ4v) is 4.89. The standard InChI is InChI=1S/C19H19NS3/c1-4-18-20-12-19(23-18)22-17-10-15(9-16(11-17)21-3)14-7-5-13(2)6-8-14/h5-12H,4H2,1-3H3. The van der Waals surface area contributed by atoms with E-state index in [-0.39, 0.29) is 0 Å². The smallest absolute Gasteiger partial charge is 0.0934 e. The lowest BCUT2D eigenvalue weighted by Gasteiger charge is -2.08. The lowest BCUT2D eigenvalue weighted by atomic mass is 10.0. The van der Waals surface area contributed by atoms with Gasteiger partial charge in [-0.1, -0.05) is 48.5 Å². The minimum Gasteiger partial charge on any atom is -0.248 e. The summed E-state index contributed by atoms with van der Waals surface area (Å²) in [6.07, 6.45) is 5.13.